The fraction of sp³-hybridized carbons (Fsp3) is 0.190. The number of carbonyl (C=O) groups excluding carboxylic acids is 1. The van der Waals surface area contributed by atoms with Gasteiger partial charge in [-0.25, -0.2) is 4.79 Å². The Morgan fingerprint density at radius 2 is 1.89 bits per heavy atom. The lowest BCUT2D eigenvalue weighted by atomic mass is 10.1. The molecule has 7 heteroatoms. The molecule has 0 unspecified atom stereocenters. The first-order valence-electron chi connectivity index (χ1n) is 8.85. The molecule has 0 saturated heterocycles. The summed E-state index contributed by atoms with van der Waals surface area (Å²) >= 11 is 0. The number of aromatic nitrogens is 2. The van der Waals surface area contributed by atoms with Crippen LogP contribution < -0.4 is 11.5 Å². The zero-order chi connectivity index (χ0) is 20.3. The number of nitrogens with two attached hydrogens (primary N) is 2. The molecule has 3 rings (SSSR count). The van der Waals surface area contributed by atoms with Crippen molar-refractivity contribution in [1.29, 1.82) is 0 Å². The fourth-order valence-electron chi connectivity index (χ4n) is 2.93. The number of nitrogens with zero attached hydrogens (tertiary/aromatic N) is 3. The molecular weight excluding hydrogens is 354 g/mol. The topological polar surface area (TPSA) is 109 Å². The third-order valence-electron chi connectivity index (χ3n) is 4.48. The molecule has 0 atom stereocenters. The van der Waals surface area contributed by atoms with Crippen LogP contribution >= 0.6 is 0 Å². The van der Waals surface area contributed by atoms with Crippen molar-refractivity contribution in [2.75, 3.05) is 5.73 Å². The van der Waals surface area contributed by atoms with E-state index in [4.69, 9.17) is 16.3 Å². The third-order valence-corrected chi connectivity index (χ3v) is 4.48. The van der Waals surface area contributed by atoms with Crippen LogP contribution in [-0.4, -0.2) is 21.6 Å². The number of benzene rings is 2. The summed E-state index contributed by atoms with van der Waals surface area (Å²) in [5.41, 5.74) is 17.2. The van der Waals surface area contributed by atoms with E-state index in [0.717, 1.165) is 22.5 Å². The fourth-order valence-corrected chi connectivity index (χ4v) is 2.93. The number of rotatable bonds is 5. The molecule has 0 aliphatic rings. The van der Waals surface area contributed by atoms with Crippen LogP contribution in [0.15, 0.2) is 53.7 Å². The Bertz CT molecular complexity index is 1050. The zero-order valence-corrected chi connectivity index (χ0v) is 16.1. The van der Waals surface area contributed by atoms with Gasteiger partial charge in [0.1, 0.15) is 0 Å². The van der Waals surface area contributed by atoms with Gasteiger partial charge in [0.15, 0.2) is 5.84 Å². The lowest BCUT2D eigenvalue weighted by Crippen LogP contribution is -2.17. The van der Waals surface area contributed by atoms with Gasteiger partial charge in [-0.05, 0) is 56.2 Å². The number of hydrogen-bond acceptors (Lipinski definition) is 5. The van der Waals surface area contributed by atoms with Crippen LogP contribution in [0.25, 0.3) is 0 Å². The number of aryl methyl sites for hydroxylation is 2. The van der Waals surface area contributed by atoms with E-state index < -0.39 is 5.97 Å². The summed E-state index contributed by atoms with van der Waals surface area (Å²) in [6, 6.07) is 14.5. The molecule has 0 saturated carbocycles. The number of oxime groups is 1. The highest BCUT2D eigenvalue weighted by Crippen LogP contribution is 2.16. The van der Waals surface area contributed by atoms with E-state index in [1.165, 1.54) is 0 Å². The molecule has 144 valence electrons. The van der Waals surface area contributed by atoms with Gasteiger partial charge < -0.3 is 16.3 Å². The normalized spacial score (nSPS) is 11.5. The predicted octanol–water partition coefficient (Wildman–Crippen LogP) is 2.92. The van der Waals surface area contributed by atoms with Crippen LogP contribution in [0.3, 0.4) is 0 Å². The largest absolute Gasteiger partial charge is 0.398 e. The van der Waals surface area contributed by atoms with Gasteiger partial charge in [-0.2, -0.15) is 5.10 Å². The van der Waals surface area contributed by atoms with Crippen molar-refractivity contribution >= 4 is 17.5 Å². The van der Waals surface area contributed by atoms with E-state index in [-0.39, 0.29) is 5.84 Å². The van der Waals surface area contributed by atoms with Gasteiger partial charge in [0.05, 0.1) is 17.8 Å². The molecule has 0 amide bonds. The molecule has 0 bridgehead atoms. The highest BCUT2D eigenvalue weighted by molar-refractivity contribution is 6.00. The van der Waals surface area contributed by atoms with Crippen molar-refractivity contribution in [2.24, 2.45) is 10.9 Å². The molecule has 28 heavy (non-hydrogen) atoms. The summed E-state index contributed by atoms with van der Waals surface area (Å²) in [4.78, 5) is 17.4. The highest BCUT2D eigenvalue weighted by atomic mass is 16.7. The van der Waals surface area contributed by atoms with E-state index in [0.29, 0.717) is 23.4 Å². The van der Waals surface area contributed by atoms with Crippen molar-refractivity contribution in [1.82, 2.24) is 9.78 Å². The minimum absolute atomic E-state index is 0.0944. The van der Waals surface area contributed by atoms with Gasteiger partial charge in [-0.15, -0.1) is 0 Å². The lowest BCUT2D eigenvalue weighted by Gasteiger charge is -2.08. The van der Waals surface area contributed by atoms with E-state index >= 15 is 0 Å². The average molecular weight is 377 g/mol. The van der Waals surface area contributed by atoms with E-state index in [1.54, 1.807) is 36.4 Å². The van der Waals surface area contributed by atoms with Gasteiger partial charge in [0, 0.05) is 16.9 Å². The number of nitrogen functional groups attached to an aromatic ring is 1. The van der Waals surface area contributed by atoms with Crippen LogP contribution in [-0.2, 0) is 11.4 Å². The second kappa shape index (κ2) is 7.96. The summed E-state index contributed by atoms with van der Waals surface area (Å²) in [5.74, 6) is -0.489. The molecule has 7 nitrogen and oxygen atoms in total. The minimum Gasteiger partial charge on any atom is -0.398 e. The molecule has 2 aromatic carbocycles. The second-order valence-electron chi connectivity index (χ2n) is 6.66. The molecule has 0 aliphatic carbocycles. The van der Waals surface area contributed by atoms with Crippen LogP contribution in [0, 0.1) is 20.8 Å². The van der Waals surface area contributed by atoms with Gasteiger partial charge in [0.25, 0.3) is 0 Å². The molecule has 0 radical (unpaired) electrons. The second-order valence-corrected chi connectivity index (χ2v) is 6.66. The first-order valence-corrected chi connectivity index (χ1v) is 8.85. The maximum absolute atomic E-state index is 12.4. The van der Waals surface area contributed by atoms with Crippen molar-refractivity contribution in [3.63, 3.8) is 0 Å². The minimum atomic E-state index is -0.584. The Balaban J connectivity index is 1.74. The van der Waals surface area contributed by atoms with Crippen LogP contribution in [0.2, 0.25) is 0 Å². The lowest BCUT2D eigenvalue weighted by molar-refractivity contribution is 0.0516. The highest BCUT2D eigenvalue weighted by Gasteiger charge is 2.11. The Labute approximate surface area is 163 Å². The summed E-state index contributed by atoms with van der Waals surface area (Å²) in [7, 11) is 0. The van der Waals surface area contributed by atoms with Crippen molar-refractivity contribution in [2.45, 2.75) is 27.3 Å². The Kier molecular flexibility index (Phi) is 5.44. The summed E-state index contributed by atoms with van der Waals surface area (Å²) < 4.78 is 1.89. The number of amidine groups is 1. The van der Waals surface area contributed by atoms with Crippen molar-refractivity contribution in [3.05, 3.63) is 82.2 Å². The number of carbonyl (C=O) groups is 1. The number of anilines is 1. The van der Waals surface area contributed by atoms with E-state index in [2.05, 4.69) is 10.3 Å². The number of hydrogen-bond donors (Lipinski definition) is 2. The standard InChI is InChI=1S/C21H23N5O2/c1-13-10-14(2)26(24-13)12-16-6-4-7-17(11-16)21(27)28-25-20(23)18-8-5-9-19(22)15(18)3/h4-11H,12,22H2,1-3H3,(H2,23,25). The SMILES string of the molecule is Cc1cc(C)n(Cc2cccc(C(=O)O/N=C(\N)c3cccc(N)c3C)c2)n1. The monoisotopic (exact) mass is 377 g/mol. The Morgan fingerprint density at radius 3 is 2.61 bits per heavy atom. The molecule has 3 aromatic rings. The van der Waals surface area contributed by atoms with Gasteiger partial charge >= 0.3 is 5.97 Å². The molecule has 0 aliphatic heterocycles. The van der Waals surface area contributed by atoms with Crippen molar-refractivity contribution in [3.8, 4) is 0 Å². The maximum atomic E-state index is 12.4. The van der Waals surface area contributed by atoms with Gasteiger partial charge in [-0.1, -0.05) is 29.4 Å². The molecule has 0 fully saturated rings. The molecule has 1 heterocycles. The quantitative estimate of drug-likeness (QED) is 0.234. The third kappa shape index (κ3) is 4.20. The molecular formula is C21H23N5O2. The van der Waals surface area contributed by atoms with E-state index in [1.807, 2.05) is 37.6 Å². The van der Waals surface area contributed by atoms with Crippen LogP contribution in [0.4, 0.5) is 5.69 Å². The Hall–Kier alpha value is -3.61. The Morgan fingerprint density at radius 1 is 1.14 bits per heavy atom. The van der Waals surface area contributed by atoms with Crippen LogP contribution in [0.1, 0.15) is 38.4 Å². The molecule has 0 spiro atoms. The van der Waals surface area contributed by atoms with Gasteiger partial charge in [-0.3, -0.25) is 4.68 Å². The zero-order valence-electron chi connectivity index (χ0n) is 16.1. The summed E-state index contributed by atoms with van der Waals surface area (Å²) in [5, 5.41) is 8.22. The molecule has 1 aromatic heterocycles. The van der Waals surface area contributed by atoms with Crippen LogP contribution in [0.5, 0.6) is 0 Å². The maximum Gasteiger partial charge on any atom is 0.365 e. The smallest absolute Gasteiger partial charge is 0.365 e. The van der Waals surface area contributed by atoms with Gasteiger partial charge in [0.2, 0.25) is 0 Å². The van der Waals surface area contributed by atoms with Crippen molar-refractivity contribution < 1.29 is 9.63 Å². The first kappa shape index (κ1) is 19.2. The average Bonchev–Trinajstić information content (AvgIpc) is 2.98. The first-order chi connectivity index (χ1) is 13.3. The van der Waals surface area contributed by atoms with E-state index in [9.17, 15) is 4.79 Å². The summed E-state index contributed by atoms with van der Waals surface area (Å²) in [6.45, 7) is 6.34. The predicted molar refractivity (Wildman–Crippen MR) is 109 cm³/mol. The summed E-state index contributed by atoms with van der Waals surface area (Å²) in [6.07, 6.45) is 0. The molecule has 4 N–H and O–H groups in total.